The Morgan fingerprint density at radius 3 is 1.52 bits per heavy atom. The van der Waals surface area contributed by atoms with Crippen molar-refractivity contribution in [2.24, 2.45) is 5.92 Å². The van der Waals surface area contributed by atoms with Gasteiger partial charge in [0.15, 0.2) is 0 Å². The van der Waals surface area contributed by atoms with Crippen LogP contribution in [0.2, 0.25) is 0 Å². The minimum Gasteiger partial charge on any atom is -0.480 e. The van der Waals surface area contributed by atoms with Crippen molar-refractivity contribution in [1.82, 2.24) is 21.3 Å². The standard InChI is InChI=1S/C50H74N4O12/c1-48(2,3)64-42(57)29-27-39(46(62)66-50(7,8)9)54-47(63)53-38(45(61)65-49(4,5)6)26-28-41(56)51-30-20-12-10-11-19-25-37(55)33-36(31-34-21-15-13-16-22-34)43(58)52-40(44(59)60)32-35-23-17-14-18-24-35/h13-18,21-24,36,38-40H,10-12,19-20,25-33H2,1-9H3,(H,51,56)(H,52,58)(H,59,60)(H2,53,54,63)/t36-,38+,39+,40+/m1/s1. The molecular formula is C50H74N4O12. The Bertz CT molecular complexity index is 1880. The van der Waals surface area contributed by atoms with Crippen LogP contribution in [0.15, 0.2) is 60.7 Å². The Morgan fingerprint density at radius 2 is 1.02 bits per heavy atom. The predicted molar refractivity (Wildman–Crippen MR) is 249 cm³/mol. The third-order valence-electron chi connectivity index (χ3n) is 9.73. The number of hydrogen-bond donors (Lipinski definition) is 5. The van der Waals surface area contributed by atoms with Crippen LogP contribution < -0.4 is 21.3 Å². The van der Waals surface area contributed by atoms with Crippen LogP contribution >= 0.6 is 0 Å². The fraction of sp³-hybridized carbons (Fsp3) is 0.600. The first-order valence-electron chi connectivity index (χ1n) is 22.9. The van der Waals surface area contributed by atoms with Gasteiger partial charge in [0.1, 0.15) is 40.7 Å². The van der Waals surface area contributed by atoms with E-state index in [2.05, 4.69) is 21.3 Å². The summed E-state index contributed by atoms with van der Waals surface area (Å²) in [6.45, 7) is 15.5. The third kappa shape index (κ3) is 25.6. The van der Waals surface area contributed by atoms with E-state index in [9.17, 15) is 43.5 Å². The molecule has 0 aliphatic carbocycles. The molecular weight excluding hydrogens is 849 g/mol. The Hall–Kier alpha value is -5.80. The van der Waals surface area contributed by atoms with Crippen molar-refractivity contribution < 1.29 is 57.7 Å². The van der Waals surface area contributed by atoms with Crippen LogP contribution in [0.1, 0.15) is 144 Å². The number of carbonyl (C=O) groups excluding carboxylic acids is 7. The van der Waals surface area contributed by atoms with Gasteiger partial charge in [-0.1, -0.05) is 79.9 Å². The largest absolute Gasteiger partial charge is 0.480 e. The number of carboxylic acids is 1. The molecule has 0 unspecified atom stereocenters. The second kappa shape index (κ2) is 27.6. The van der Waals surface area contributed by atoms with Crippen molar-refractivity contribution in [2.45, 2.75) is 181 Å². The lowest BCUT2D eigenvalue weighted by atomic mass is 9.91. The van der Waals surface area contributed by atoms with Gasteiger partial charge in [0.25, 0.3) is 0 Å². The quantitative estimate of drug-likeness (QED) is 0.0358. The summed E-state index contributed by atoms with van der Waals surface area (Å²) in [6.07, 6.45) is 3.77. The zero-order chi connectivity index (χ0) is 49.5. The van der Waals surface area contributed by atoms with Gasteiger partial charge in [-0.15, -0.1) is 0 Å². The van der Waals surface area contributed by atoms with Crippen molar-refractivity contribution in [1.29, 1.82) is 0 Å². The Morgan fingerprint density at radius 1 is 0.545 bits per heavy atom. The highest BCUT2D eigenvalue weighted by Crippen LogP contribution is 2.18. The van der Waals surface area contributed by atoms with Gasteiger partial charge in [0.2, 0.25) is 11.8 Å². The molecule has 366 valence electrons. The van der Waals surface area contributed by atoms with Gasteiger partial charge in [-0.25, -0.2) is 19.2 Å². The number of carboxylic acid groups (broad SMARTS) is 1. The van der Waals surface area contributed by atoms with Crippen LogP contribution in [0.25, 0.3) is 0 Å². The lowest BCUT2D eigenvalue weighted by molar-refractivity contribution is -0.159. The normalized spacial score (nSPS) is 13.5. The van der Waals surface area contributed by atoms with E-state index in [-0.39, 0.29) is 56.6 Å². The molecule has 0 aliphatic heterocycles. The van der Waals surface area contributed by atoms with E-state index < -0.39 is 76.7 Å². The van der Waals surface area contributed by atoms with Crippen LogP contribution in [0.5, 0.6) is 0 Å². The lowest BCUT2D eigenvalue weighted by Gasteiger charge is -2.27. The molecule has 0 radical (unpaired) electrons. The average molecular weight is 923 g/mol. The summed E-state index contributed by atoms with van der Waals surface area (Å²) in [5.41, 5.74) is -0.889. The minimum atomic E-state index is -1.25. The molecule has 2 rings (SSSR count). The summed E-state index contributed by atoms with van der Waals surface area (Å²) in [7, 11) is 0. The van der Waals surface area contributed by atoms with Crippen LogP contribution in [0, 0.1) is 5.92 Å². The minimum absolute atomic E-state index is 0.0120. The lowest BCUT2D eigenvalue weighted by Crippen LogP contribution is -2.53. The molecule has 4 atom stereocenters. The van der Waals surface area contributed by atoms with E-state index in [0.717, 1.165) is 30.4 Å². The number of benzene rings is 2. The zero-order valence-electron chi connectivity index (χ0n) is 40.4. The van der Waals surface area contributed by atoms with Gasteiger partial charge in [0, 0.05) is 44.6 Å². The van der Waals surface area contributed by atoms with E-state index in [1.807, 2.05) is 36.4 Å². The first-order valence-corrected chi connectivity index (χ1v) is 22.9. The summed E-state index contributed by atoms with van der Waals surface area (Å²) in [5, 5.41) is 20.4. The van der Waals surface area contributed by atoms with Crippen LogP contribution in [0.4, 0.5) is 4.79 Å². The van der Waals surface area contributed by atoms with E-state index in [0.29, 0.717) is 25.8 Å². The van der Waals surface area contributed by atoms with Crippen molar-refractivity contribution in [3.8, 4) is 0 Å². The topological polar surface area (TPSA) is 233 Å². The highest BCUT2D eigenvalue weighted by Gasteiger charge is 2.32. The number of hydrogen-bond acceptors (Lipinski definition) is 11. The molecule has 4 amide bonds. The number of unbranched alkanes of at least 4 members (excludes halogenated alkanes) is 4. The fourth-order valence-electron chi connectivity index (χ4n) is 6.70. The average Bonchev–Trinajstić information content (AvgIpc) is 3.20. The number of Topliss-reactive ketones (excluding diaryl/α,β-unsaturated/α-hetero) is 1. The van der Waals surface area contributed by atoms with Gasteiger partial charge in [-0.3, -0.25) is 19.2 Å². The number of amides is 4. The number of nitrogens with one attached hydrogen (secondary N) is 4. The monoisotopic (exact) mass is 923 g/mol. The van der Waals surface area contributed by atoms with Crippen LogP contribution in [-0.4, -0.2) is 94.1 Å². The Labute approximate surface area is 390 Å². The molecule has 66 heavy (non-hydrogen) atoms. The maximum absolute atomic E-state index is 13.4. The van der Waals surface area contributed by atoms with Crippen molar-refractivity contribution >= 4 is 47.5 Å². The predicted octanol–water partition coefficient (Wildman–Crippen LogP) is 6.70. The highest BCUT2D eigenvalue weighted by molar-refractivity contribution is 5.90. The summed E-state index contributed by atoms with van der Waals surface area (Å²) < 4.78 is 16.3. The second-order valence-electron chi connectivity index (χ2n) is 19.5. The third-order valence-corrected chi connectivity index (χ3v) is 9.73. The van der Waals surface area contributed by atoms with E-state index in [1.54, 1.807) is 86.6 Å². The number of urea groups is 1. The molecule has 0 spiro atoms. The molecule has 2 aromatic carbocycles. The first kappa shape index (κ1) is 56.3. The second-order valence-corrected chi connectivity index (χ2v) is 19.5. The molecule has 16 heteroatoms. The Balaban J connectivity index is 1.86. The molecule has 0 aromatic heterocycles. The van der Waals surface area contributed by atoms with Gasteiger partial charge >= 0.3 is 29.9 Å². The highest BCUT2D eigenvalue weighted by atomic mass is 16.6. The molecule has 2 aromatic rings. The smallest absolute Gasteiger partial charge is 0.329 e. The molecule has 5 N–H and O–H groups in total. The summed E-state index contributed by atoms with van der Waals surface area (Å²) in [6, 6.07) is 13.8. The maximum atomic E-state index is 13.4. The number of rotatable bonds is 27. The SMILES string of the molecule is CC(C)(C)OC(=O)CC[C@H](NC(=O)N[C@@H](CCC(=O)NCCCCCCCC(=O)C[C@@H](Cc1ccccc1)C(=O)N[C@@H](Cc1ccccc1)C(=O)O)C(=O)OC(C)(C)C)C(=O)OC(C)(C)C. The van der Waals surface area contributed by atoms with Crippen LogP contribution in [0.3, 0.4) is 0 Å². The number of ketones is 1. The molecule has 0 bridgehead atoms. The van der Waals surface area contributed by atoms with E-state index in [4.69, 9.17) is 14.2 Å². The molecule has 0 heterocycles. The van der Waals surface area contributed by atoms with Gasteiger partial charge in [0.05, 0.1) is 0 Å². The molecule has 0 saturated heterocycles. The number of ether oxygens (including phenoxy) is 3. The van der Waals surface area contributed by atoms with Crippen molar-refractivity contribution in [3.63, 3.8) is 0 Å². The molecule has 0 saturated carbocycles. The van der Waals surface area contributed by atoms with Crippen molar-refractivity contribution in [2.75, 3.05) is 6.54 Å². The summed E-state index contributed by atoms with van der Waals surface area (Å²) in [4.78, 5) is 103. The fourth-order valence-corrected chi connectivity index (χ4v) is 6.70. The summed E-state index contributed by atoms with van der Waals surface area (Å²) >= 11 is 0. The Kier molecular flexibility index (Phi) is 23.6. The zero-order valence-corrected chi connectivity index (χ0v) is 40.4. The number of carbonyl (C=O) groups is 8. The van der Waals surface area contributed by atoms with Crippen molar-refractivity contribution in [3.05, 3.63) is 71.8 Å². The molecule has 0 fully saturated rings. The van der Waals surface area contributed by atoms with E-state index >= 15 is 0 Å². The van der Waals surface area contributed by atoms with Gasteiger partial charge in [-0.05, 0) is 106 Å². The van der Waals surface area contributed by atoms with E-state index in [1.165, 1.54) is 0 Å². The van der Waals surface area contributed by atoms with Crippen LogP contribution in [-0.2, 0) is 60.6 Å². The molecule has 16 nitrogen and oxygen atoms in total. The van der Waals surface area contributed by atoms with Gasteiger partial charge in [-0.2, -0.15) is 0 Å². The summed E-state index contributed by atoms with van der Waals surface area (Å²) in [5.74, 6) is -4.89. The molecule has 0 aliphatic rings. The van der Waals surface area contributed by atoms with Gasteiger partial charge < -0.3 is 40.6 Å². The maximum Gasteiger partial charge on any atom is 0.329 e. The number of esters is 3. The first-order chi connectivity index (χ1) is 30.8. The number of aliphatic carboxylic acids is 1.